The first-order chi connectivity index (χ1) is 6.74. The first-order valence-electron chi connectivity index (χ1n) is 4.57. The van der Waals surface area contributed by atoms with E-state index in [1.165, 1.54) is 12.1 Å². The van der Waals surface area contributed by atoms with E-state index < -0.39 is 0 Å². The molecule has 0 saturated heterocycles. The summed E-state index contributed by atoms with van der Waals surface area (Å²) >= 11 is 0. The molecule has 0 spiro atoms. The van der Waals surface area contributed by atoms with Crippen molar-refractivity contribution >= 4 is 6.08 Å². The van der Waals surface area contributed by atoms with Crippen molar-refractivity contribution < 1.29 is 10.2 Å². The van der Waals surface area contributed by atoms with Gasteiger partial charge < -0.3 is 15.5 Å². The molecule has 1 aromatic rings. The van der Waals surface area contributed by atoms with Crippen molar-refractivity contribution in [3.8, 4) is 11.5 Å². The second-order valence-corrected chi connectivity index (χ2v) is 3.04. The van der Waals surface area contributed by atoms with E-state index in [0.29, 0.717) is 0 Å². The van der Waals surface area contributed by atoms with Crippen LogP contribution in [0.15, 0.2) is 24.3 Å². The molecular formula is C11H15NO2. The van der Waals surface area contributed by atoms with Gasteiger partial charge in [-0.2, -0.15) is 0 Å². The minimum atomic E-state index is -0.0858. The Labute approximate surface area is 83.7 Å². The van der Waals surface area contributed by atoms with E-state index in [9.17, 15) is 5.11 Å². The lowest BCUT2D eigenvalue weighted by Crippen LogP contribution is -2.05. The average Bonchev–Trinajstić information content (AvgIpc) is 2.18. The van der Waals surface area contributed by atoms with Gasteiger partial charge in [-0.05, 0) is 37.7 Å². The van der Waals surface area contributed by atoms with Crippen molar-refractivity contribution in [3.63, 3.8) is 0 Å². The number of rotatable bonds is 4. The van der Waals surface area contributed by atoms with Crippen LogP contribution in [0.2, 0.25) is 0 Å². The van der Waals surface area contributed by atoms with Crippen LogP contribution in [-0.2, 0) is 0 Å². The van der Waals surface area contributed by atoms with E-state index in [0.717, 1.165) is 18.5 Å². The normalized spacial score (nSPS) is 10.9. The van der Waals surface area contributed by atoms with Gasteiger partial charge in [-0.25, -0.2) is 0 Å². The highest BCUT2D eigenvalue weighted by Crippen LogP contribution is 2.25. The Kier molecular flexibility index (Phi) is 4.01. The van der Waals surface area contributed by atoms with Crippen LogP contribution >= 0.6 is 0 Å². The SMILES string of the molecule is CNCCC=Cc1ccc(O)c(O)c1. The largest absolute Gasteiger partial charge is 0.504 e. The van der Waals surface area contributed by atoms with Gasteiger partial charge in [0.05, 0.1) is 0 Å². The molecule has 0 bridgehead atoms. The first kappa shape index (κ1) is 10.6. The fourth-order valence-corrected chi connectivity index (χ4v) is 1.09. The number of aromatic hydroxyl groups is 2. The standard InChI is InChI=1S/C11H15NO2/c1-12-7-3-2-4-9-5-6-10(13)11(14)8-9/h2,4-6,8,12-14H,3,7H2,1H3. The number of nitrogens with one attached hydrogen (secondary N) is 1. The van der Waals surface area contributed by atoms with E-state index in [2.05, 4.69) is 5.32 Å². The van der Waals surface area contributed by atoms with Crippen molar-refractivity contribution in [1.29, 1.82) is 0 Å². The predicted octanol–water partition coefficient (Wildman–Crippen LogP) is 1.72. The molecule has 14 heavy (non-hydrogen) atoms. The third kappa shape index (κ3) is 3.11. The zero-order valence-electron chi connectivity index (χ0n) is 8.20. The third-order valence-electron chi connectivity index (χ3n) is 1.87. The molecule has 0 fully saturated rings. The highest BCUT2D eigenvalue weighted by Gasteiger charge is 1.96. The van der Waals surface area contributed by atoms with E-state index in [4.69, 9.17) is 5.11 Å². The second-order valence-electron chi connectivity index (χ2n) is 3.04. The van der Waals surface area contributed by atoms with Crippen LogP contribution in [0.4, 0.5) is 0 Å². The van der Waals surface area contributed by atoms with E-state index >= 15 is 0 Å². The van der Waals surface area contributed by atoms with Gasteiger partial charge in [0, 0.05) is 0 Å². The summed E-state index contributed by atoms with van der Waals surface area (Å²) < 4.78 is 0. The molecule has 3 nitrogen and oxygen atoms in total. The Morgan fingerprint density at radius 1 is 1.29 bits per heavy atom. The van der Waals surface area contributed by atoms with Gasteiger partial charge >= 0.3 is 0 Å². The predicted molar refractivity (Wildman–Crippen MR) is 57.3 cm³/mol. The van der Waals surface area contributed by atoms with Gasteiger partial charge in [0.1, 0.15) is 0 Å². The molecule has 0 aromatic heterocycles. The summed E-state index contributed by atoms with van der Waals surface area (Å²) in [7, 11) is 1.90. The van der Waals surface area contributed by atoms with E-state index in [-0.39, 0.29) is 11.5 Å². The molecule has 0 radical (unpaired) electrons. The molecule has 76 valence electrons. The van der Waals surface area contributed by atoms with E-state index in [1.807, 2.05) is 19.2 Å². The maximum Gasteiger partial charge on any atom is 0.157 e. The molecule has 0 atom stereocenters. The van der Waals surface area contributed by atoms with Gasteiger partial charge in [0.2, 0.25) is 0 Å². The van der Waals surface area contributed by atoms with Crippen LogP contribution in [0.5, 0.6) is 11.5 Å². The third-order valence-corrected chi connectivity index (χ3v) is 1.87. The summed E-state index contributed by atoms with van der Waals surface area (Å²) in [6.07, 6.45) is 4.87. The maximum atomic E-state index is 9.21. The summed E-state index contributed by atoms with van der Waals surface area (Å²) in [5, 5.41) is 21.3. The van der Waals surface area contributed by atoms with E-state index in [1.54, 1.807) is 6.07 Å². The smallest absolute Gasteiger partial charge is 0.157 e. The maximum absolute atomic E-state index is 9.21. The quantitative estimate of drug-likeness (QED) is 0.504. The first-order valence-corrected chi connectivity index (χ1v) is 4.57. The average molecular weight is 193 g/mol. The Hall–Kier alpha value is -1.48. The Morgan fingerprint density at radius 3 is 2.71 bits per heavy atom. The number of benzene rings is 1. The zero-order valence-corrected chi connectivity index (χ0v) is 8.20. The summed E-state index contributed by atoms with van der Waals surface area (Å²) in [4.78, 5) is 0. The Balaban J connectivity index is 2.59. The molecule has 1 aromatic carbocycles. The van der Waals surface area contributed by atoms with Crippen molar-refractivity contribution in [2.24, 2.45) is 0 Å². The van der Waals surface area contributed by atoms with Crippen LogP contribution in [0.3, 0.4) is 0 Å². The lowest BCUT2D eigenvalue weighted by Gasteiger charge is -1.98. The molecule has 0 aliphatic rings. The van der Waals surface area contributed by atoms with Gasteiger partial charge in [0.15, 0.2) is 11.5 Å². The molecule has 0 aliphatic carbocycles. The highest BCUT2D eigenvalue weighted by molar-refractivity contribution is 5.54. The minimum absolute atomic E-state index is 0.0826. The lowest BCUT2D eigenvalue weighted by atomic mass is 10.2. The molecule has 1 rings (SSSR count). The summed E-state index contributed by atoms with van der Waals surface area (Å²) in [5.41, 5.74) is 0.886. The van der Waals surface area contributed by atoms with Gasteiger partial charge in [0.25, 0.3) is 0 Å². The zero-order chi connectivity index (χ0) is 10.4. The van der Waals surface area contributed by atoms with Gasteiger partial charge in [-0.15, -0.1) is 0 Å². The summed E-state index contributed by atoms with van der Waals surface area (Å²) in [5.74, 6) is -0.168. The number of phenols is 2. The minimum Gasteiger partial charge on any atom is -0.504 e. The lowest BCUT2D eigenvalue weighted by molar-refractivity contribution is 0.403. The van der Waals surface area contributed by atoms with Crippen LogP contribution in [0, 0.1) is 0 Å². The fraction of sp³-hybridized carbons (Fsp3) is 0.273. The van der Waals surface area contributed by atoms with Gasteiger partial charge in [-0.3, -0.25) is 0 Å². The van der Waals surface area contributed by atoms with Crippen LogP contribution in [0.1, 0.15) is 12.0 Å². The molecule has 0 amide bonds. The summed E-state index contributed by atoms with van der Waals surface area (Å²) in [6, 6.07) is 4.77. The Bertz CT molecular complexity index is 321. The summed E-state index contributed by atoms with van der Waals surface area (Å²) in [6.45, 7) is 0.931. The van der Waals surface area contributed by atoms with Crippen LogP contribution in [-0.4, -0.2) is 23.8 Å². The number of hydrogen-bond donors (Lipinski definition) is 3. The number of hydrogen-bond acceptors (Lipinski definition) is 3. The fourth-order valence-electron chi connectivity index (χ4n) is 1.09. The van der Waals surface area contributed by atoms with Gasteiger partial charge in [-0.1, -0.05) is 18.2 Å². The van der Waals surface area contributed by atoms with Crippen LogP contribution in [0.25, 0.3) is 6.08 Å². The van der Waals surface area contributed by atoms with Crippen LogP contribution < -0.4 is 5.32 Å². The van der Waals surface area contributed by atoms with Crippen molar-refractivity contribution in [1.82, 2.24) is 5.32 Å². The molecule has 3 heteroatoms. The van der Waals surface area contributed by atoms with Crippen molar-refractivity contribution in [2.45, 2.75) is 6.42 Å². The Morgan fingerprint density at radius 2 is 2.07 bits per heavy atom. The molecular weight excluding hydrogens is 178 g/mol. The van der Waals surface area contributed by atoms with Crippen molar-refractivity contribution in [3.05, 3.63) is 29.8 Å². The molecule has 0 aliphatic heterocycles. The number of phenolic OH excluding ortho intramolecular Hbond substituents is 2. The molecule has 0 unspecified atom stereocenters. The monoisotopic (exact) mass is 193 g/mol. The molecule has 3 N–H and O–H groups in total. The molecule has 0 heterocycles. The highest BCUT2D eigenvalue weighted by atomic mass is 16.3. The topological polar surface area (TPSA) is 52.5 Å². The molecule has 0 saturated carbocycles. The van der Waals surface area contributed by atoms with Crippen molar-refractivity contribution in [2.75, 3.05) is 13.6 Å². The second kappa shape index (κ2) is 5.29.